The summed E-state index contributed by atoms with van der Waals surface area (Å²) >= 11 is 0. The summed E-state index contributed by atoms with van der Waals surface area (Å²) in [5.41, 5.74) is 2.65. The quantitative estimate of drug-likeness (QED) is 0.745. The highest BCUT2D eigenvalue weighted by atomic mass is 16.5. The maximum absolute atomic E-state index is 13.3. The highest BCUT2D eigenvalue weighted by Crippen LogP contribution is 2.33. The van der Waals surface area contributed by atoms with E-state index in [0.29, 0.717) is 49.5 Å². The van der Waals surface area contributed by atoms with E-state index in [1.807, 2.05) is 30.3 Å². The van der Waals surface area contributed by atoms with Gasteiger partial charge in [-0.05, 0) is 42.7 Å². The van der Waals surface area contributed by atoms with Crippen LogP contribution < -0.4 is 10.2 Å². The van der Waals surface area contributed by atoms with Gasteiger partial charge in [0.15, 0.2) is 0 Å². The van der Waals surface area contributed by atoms with E-state index in [2.05, 4.69) is 5.32 Å². The molecule has 30 heavy (non-hydrogen) atoms. The van der Waals surface area contributed by atoms with Gasteiger partial charge in [0.25, 0.3) is 11.8 Å². The molecule has 0 radical (unpaired) electrons. The number of carbonyl (C=O) groups is 3. The summed E-state index contributed by atoms with van der Waals surface area (Å²) in [4.78, 5) is 41.9. The second kappa shape index (κ2) is 8.67. The molecule has 3 amide bonds. The third-order valence-corrected chi connectivity index (χ3v) is 5.64. The van der Waals surface area contributed by atoms with E-state index >= 15 is 0 Å². The average Bonchev–Trinajstić information content (AvgIpc) is 3.24. The standard InChI is InChI=1S/C23H25N3O4/c1-30-14-12-24-21(27)17-10-8-16(9-11-17)15-26-19-6-3-2-5-18(19)22(28)25-13-4-7-20(25)23(26)29/h2-3,5-6,8-11,20H,4,7,12-15H2,1H3,(H,24,27). The van der Waals surface area contributed by atoms with Gasteiger partial charge in [0.2, 0.25) is 5.91 Å². The molecule has 2 heterocycles. The Morgan fingerprint density at radius 2 is 1.90 bits per heavy atom. The van der Waals surface area contributed by atoms with Crippen molar-refractivity contribution in [2.24, 2.45) is 0 Å². The van der Waals surface area contributed by atoms with Crippen LogP contribution in [0.4, 0.5) is 5.69 Å². The van der Waals surface area contributed by atoms with E-state index in [4.69, 9.17) is 4.74 Å². The lowest BCUT2D eigenvalue weighted by Gasteiger charge is -2.26. The van der Waals surface area contributed by atoms with Gasteiger partial charge in [0.05, 0.1) is 24.4 Å². The number of amides is 3. The second-order valence-electron chi connectivity index (χ2n) is 7.54. The fourth-order valence-electron chi connectivity index (χ4n) is 4.09. The average molecular weight is 407 g/mol. The first-order valence-electron chi connectivity index (χ1n) is 10.2. The molecule has 7 nitrogen and oxygen atoms in total. The number of ether oxygens (including phenoxy) is 1. The summed E-state index contributed by atoms with van der Waals surface area (Å²) < 4.78 is 4.94. The molecule has 2 aliphatic heterocycles. The highest BCUT2D eigenvalue weighted by molar-refractivity contribution is 6.11. The zero-order chi connectivity index (χ0) is 21.1. The van der Waals surface area contributed by atoms with Crippen LogP contribution in [0.2, 0.25) is 0 Å². The van der Waals surface area contributed by atoms with Gasteiger partial charge in [0.1, 0.15) is 6.04 Å². The van der Waals surface area contributed by atoms with E-state index < -0.39 is 6.04 Å². The number of carbonyl (C=O) groups excluding carboxylic acids is 3. The minimum absolute atomic E-state index is 0.0489. The van der Waals surface area contributed by atoms with Crippen LogP contribution >= 0.6 is 0 Å². The molecule has 0 aliphatic carbocycles. The molecule has 156 valence electrons. The van der Waals surface area contributed by atoms with Crippen LogP contribution in [0.1, 0.15) is 39.1 Å². The van der Waals surface area contributed by atoms with Crippen molar-refractivity contribution in [2.45, 2.75) is 25.4 Å². The summed E-state index contributed by atoms with van der Waals surface area (Å²) in [5.74, 6) is -0.291. The van der Waals surface area contributed by atoms with Crippen molar-refractivity contribution in [1.82, 2.24) is 10.2 Å². The van der Waals surface area contributed by atoms with Gasteiger partial charge in [-0.25, -0.2) is 0 Å². The fourth-order valence-corrected chi connectivity index (χ4v) is 4.09. The van der Waals surface area contributed by atoms with Gasteiger partial charge < -0.3 is 19.9 Å². The Morgan fingerprint density at radius 1 is 1.13 bits per heavy atom. The molecule has 1 unspecified atom stereocenters. The first kappa shape index (κ1) is 20.1. The van der Waals surface area contributed by atoms with Crippen LogP contribution in [-0.2, 0) is 16.1 Å². The first-order valence-corrected chi connectivity index (χ1v) is 10.2. The van der Waals surface area contributed by atoms with Gasteiger partial charge in [-0.1, -0.05) is 24.3 Å². The molecule has 1 saturated heterocycles. The SMILES string of the molecule is COCCNC(=O)c1ccc(CN2C(=O)C3CCCN3C(=O)c3ccccc32)cc1. The molecule has 2 aromatic carbocycles. The lowest BCUT2D eigenvalue weighted by atomic mass is 10.1. The largest absolute Gasteiger partial charge is 0.383 e. The lowest BCUT2D eigenvalue weighted by Crippen LogP contribution is -2.44. The van der Waals surface area contributed by atoms with Crippen LogP contribution in [0.25, 0.3) is 0 Å². The van der Waals surface area contributed by atoms with E-state index in [1.165, 1.54) is 0 Å². The summed E-state index contributed by atoms with van der Waals surface area (Å²) in [6.07, 6.45) is 1.53. The number of nitrogens with one attached hydrogen (secondary N) is 1. The van der Waals surface area contributed by atoms with E-state index in [-0.39, 0.29) is 17.7 Å². The van der Waals surface area contributed by atoms with Crippen LogP contribution in [0.15, 0.2) is 48.5 Å². The molecule has 7 heteroatoms. The Balaban J connectivity index is 1.57. The van der Waals surface area contributed by atoms with Crippen LogP contribution in [-0.4, -0.2) is 55.5 Å². The van der Waals surface area contributed by atoms with Gasteiger partial charge >= 0.3 is 0 Å². The summed E-state index contributed by atoms with van der Waals surface area (Å²) in [7, 11) is 1.58. The molecule has 0 spiro atoms. The van der Waals surface area contributed by atoms with Crippen molar-refractivity contribution in [3.8, 4) is 0 Å². The predicted molar refractivity (Wildman–Crippen MR) is 112 cm³/mol. The monoisotopic (exact) mass is 407 g/mol. The number of methoxy groups -OCH3 is 1. The van der Waals surface area contributed by atoms with Crippen LogP contribution in [0, 0.1) is 0 Å². The molecule has 1 fully saturated rings. The topological polar surface area (TPSA) is 79.0 Å². The molecule has 0 bridgehead atoms. The lowest BCUT2D eigenvalue weighted by molar-refractivity contribution is -0.122. The van der Waals surface area contributed by atoms with Crippen molar-refractivity contribution >= 4 is 23.4 Å². The molecule has 0 saturated carbocycles. The number of fused-ring (bicyclic) bond motifs is 2. The maximum atomic E-state index is 13.3. The number of para-hydroxylation sites is 1. The smallest absolute Gasteiger partial charge is 0.256 e. The molecule has 4 rings (SSSR count). The van der Waals surface area contributed by atoms with E-state index in [1.54, 1.807) is 35.1 Å². The van der Waals surface area contributed by atoms with E-state index in [0.717, 1.165) is 12.0 Å². The number of rotatable bonds is 6. The zero-order valence-corrected chi connectivity index (χ0v) is 17.0. The number of hydrogen-bond donors (Lipinski definition) is 1. The minimum atomic E-state index is -0.407. The molecular formula is C23H25N3O4. The molecular weight excluding hydrogens is 382 g/mol. The molecule has 1 atom stereocenters. The first-order chi connectivity index (χ1) is 14.6. The van der Waals surface area contributed by atoms with Crippen LogP contribution in [0.3, 0.4) is 0 Å². The molecule has 2 aliphatic rings. The predicted octanol–water partition coefficient (Wildman–Crippen LogP) is 2.21. The Labute approximate surface area is 175 Å². The highest BCUT2D eigenvalue weighted by Gasteiger charge is 2.41. The third kappa shape index (κ3) is 3.80. The van der Waals surface area contributed by atoms with Crippen molar-refractivity contribution < 1.29 is 19.1 Å². The Bertz CT molecular complexity index is 957. The van der Waals surface area contributed by atoms with Crippen molar-refractivity contribution in [3.63, 3.8) is 0 Å². The second-order valence-corrected chi connectivity index (χ2v) is 7.54. The summed E-state index contributed by atoms with van der Waals surface area (Å²) in [6, 6.07) is 14.1. The van der Waals surface area contributed by atoms with Gasteiger partial charge in [-0.15, -0.1) is 0 Å². The number of benzene rings is 2. The van der Waals surface area contributed by atoms with Gasteiger partial charge in [0, 0.05) is 25.8 Å². The molecule has 2 aromatic rings. The van der Waals surface area contributed by atoms with Gasteiger partial charge in [-0.2, -0.15) is 0 Å². The van der Waals surface area contributed by atoms with E-state index in [9.17, 15) is 14.4 Å². The Hall–Kier alpha value is -3.19. The van der Waals surface area contributed by atoms with Crippen molar-refractivity contribution in [1.29, 1.82) is 0 Å². The van der Waals surface area contributed by atoms with Crippen LogP contribution in [0.5, 0.6) is 0 Å². The molecule has 0 aromatic heterocycles. The summed E-state index contributed by atoms with van der Waals surface area (Å²) in [5, 5.41) is 2.79. The number of nitrogens with zero attached hydrogens (tertiary/aromatic N) is 2. The fraction of sp³-hybridized carbons (Fsp3) is 0.348. The number of anilines is 1. The van der Waals surface area contributed by atoms with Crippen molar-refractivity contribution in [2.75, 3.05) is 31.7 Å². The maximum Gasteiger partial charge on any atom is 0.256 e. The number of hydrogen-bond acceptors (Lipinski definition) is 4. The van der Waals surface area contributed by atoms with Gasteiger partial charge in [-0.3, -0.25) is 14.4 Å². The zero-order valence-electron chi connectivity index (χ0n) is 17.0. The normalized spacial score (nSPS) is 18.1. The Morgan fingerprint density at radius 3 is 2.67 bits per heavy atom. The van der Waals surface area contributed by atoms with Crippen molar-refractivity contribution in [3.05, 3.63) is 65.2 Å². The minimum Gasteiger partial charge on any atom is -0.383 e. The summed E-state index contributed by atoms with van der Waals surface area (Å²) in [6.45, 7) is 1.86. The Kier molecular flexibility index (Phi) is 5.81. The molecule has 1 N–H and O–H groups in total. The third-order valence-electron chi connectivity index (χ3n) is 5.64.